The summed E-state index contributed by atoms with van der Waals surface area (Å²) in [6, 6.07) is 0. The molecule has 0 aromatic carbocycles. The largest absolute Gasteiger partial charge is 0.394 e. The van der Waals surface area contributed by atoms with E-state index in [-0.39, 0.29) is 5.96 Å². The molecule has 0 atom stereocenters. The lowest BCUT2D eigenvalue weighted by Gasteiger charge is -2.26. The quantitative estimate of drug-likeness (QED) is 0.226. The molecule has 0 radical (unpaired) electrons. The number of hydrogen-bond donors (Lipinski definition) is 4. The molecule has 1 heterocycles. The van der Waals surface area contributed by atoms with Gasteiger partial charge in [0.1, 0.15) is 0 Å². The van der Waals surface area contributed by atoms with E-state index in [2.05, 4.69) is 0 Å². The van der Waals surface area contributed by atoms with Crippen molar-refractivity contribution in [1.29, 1.82) is 5.41 Å². The first-order chi connectivity index (χ1) is 6.30. The highest BCUT2D eigenvalue weighted by Crippen LogP contribution is 1.93. The van der Waals surface area contributed by atoms with Crippen LogP contribution in [0.2, 0.25) is 0 Å². The number of rotatable bonds is 0. The minimum atomic E-state index is -4.67. The number of nitrogens with zero attached hydrogens (tertiary/aromatic N) is 1. The molecule has 0 unspecified atom stereocenters. The summed E-state index contributed by atoms with van der Waals surface area (Å²) < 4.78 is 36.6. The average Bonchev–Trinajstić information content (AvgIpc) is 2.03. The van der Waals surface area contributed by atoms with Crippen LogP contribution in [0.15, 0.2) is 0 Å². The van der Waals surface area contributed by atoms with Gasteiger partial charge in [-0.3, -0.25) is 14.5 Å². The normalized spacial score (nSPS) is 16.9. The molecule has 1 saturated heterocycles. The van der Waals surface area contributed by atoms with Crippen LogP contribution >= 0.6 is 0 Å². The number of nitrogens with two attached hydrogens (primary N) is 1. The van der Waals surface area contributed by atoms with Gasteiger partial charge in [-0.05, 0) is 0 Å². The number of guanidine groups is 1. The summed E-state index contributed by atoms with van der Waals surface area (Å²) >= 11 is 0. The Bertz CT molecular complexity index is 263. The fourth-order valence-corrected chi connectivity index (χ4v) is 0.804. The Morgan fingerprint density at radius 2 is 1.71 bits per heavy atom. The zero-order chi connectivity index (χ0) is 11.2. The van der Waals surface area contributed by atoms with Crippen LogP contribution in [0, 0.1) is 5.41 Å². The van der Waals surface area contributed by atoms with Crippen LogP contribution in [0.3, 0.4) is 0 Å². The monoisotopic (exact) mass is 227 g/mol. The van der Waals surface area contributed by atoms with Gasteiger partial charge < -0.3 is 15.4 Å². The van der Waals surface area contributed by atoms with Gasteiger partial charge in [0.2, 0.25) is 0 Å². The van der Waals surface area contributed by atoms with Gasteiger partial charge in [-0.25, -0.2) is 0 Å². The zero-order valence-electron chi connectivity index (χ0n) is 7.38. The van der Waals surface area contributed by atoms with Gasteiger partial charge in [-0.1, -0.05) is 0 Å². The molecule has 0 aliphatic carbocycles. The van der Waals surface area contributed by atoms with Gasteiger partial charge in [-0.15, -0.1) is 0 Å². The summed E-state index contributed by atoms with van der Waals surface area (Å²) in [6.07, 6.45) is 0. The fraction of sp³-hybridized carbons (Fsp3) is 0.800. The third-order valence-electron chi connectivity index (χ3n) is 1.35. The highest BCUT2D eigenvalue weighted by atomic mass is 32.3. The summed E-state index contributed by atoms with van der Waals surface area (Å²) in [5.74, 6) is 0.151. The molecule has 0 bridgehead atoms. The molecule has 8 nitrogen and oxygen atoms in total. The van der Waals surface area contributed by atoms with E-state index >= 15 is 0 Å². The molecule has 5 N–H and O–H groups in total. The van der Waals surface area contributed by atoms with Crippen LogP contribution in [0.25, 0.3) is 0 Å². The Hall–Kier alpha value is -0.900. The second-order valence-electron chi connectivity index (χ2n) is 2.43. The lowest BCUT2D eigenvalue weighted by Crippen LogP contribution is -2.44. The topological polar surface area (TPSA) is 137 Å². The van der Waals surface area contributed by atoms with Gasteiger partial charge in [0.05, 0.1) is 13.2 Å². The van der Waals surface area contributed by atoms with Crippen molar-refractivity contribution >= 4 is 16.4 Å². The zero-order valence-corrected chi connectivity index (χ0v) is 8.20. The number of ether oxygens (including phenoxy) is 1. The Morgan fingerprint density at radius 1 is 1.36 bits per heavy atom. The predicted molar refractivity (Wildman–Crippen MR) is 48.5 cm³/mol. The van der Waals surface area contributed by atoms with E-state index in [0.29, 0.717) is 13.2 Å². The van der Waals surface area contributed by atoms with Gasteiger partial charge in [0.15, 0.2) is 5.96 Å². The minimum absolute atomic E-state index is 0.151. The van der Waals surface area contributed by atoms with Gasteiger partial charge in [-0.2, -0.15) is 8.42 Å². The third-order valence-corrected chi connectivity index (χ3v) is 1.35. The molecule has 0 amide bonds. The molecule has 1 aliphatic heterocycles. The molecule has 1 rings (SSSR count). The number of morpholine rings is 1. The Morgan fingerprint density at radius 3 is 1.93 bits per heavy atom. The second kappa shape index (κ2) is 5.75. The SMILES string of the molecule is N=C(N)N1CCOCC1.O=S(=O)(O)O. The summed E-state index contributed by atoms with van der Waals surface area (Å²) in [5, 5.41) is 7.04. The van der Waals surface area contributed by atoms with E-state index in [1.54, 1.807) is 4.90 Å². The van der Waals surface area contributed by atoms with Crippen molar-refractivity contribution in [2.75, 3.05) is 26.3 Å². The standard InChI is InChI=1S/C5H11N3O.H2O4S/c6-5(7)8-1-3-9-4-2-8;1-5(2,3)4/h1-4H2,(H3,6,7);(H2,1,2,3,4). The highest BCUT2D eigenvalue weighted by Gasteiger charge is 2.09. The van der Waals surface area contributed by atoms with E-state index in [4.69, 9.17) is 33.4 Å². The first kappa shape index (κ1) is 13.1. The number of nitrogens with one attached hydrogen (secondary N) is 1. The van der Waals surface area contributed by atoms with Crippen molar-refractivity contribution in [2.45, 2.75) is 0 Å². The van der Waals surface area contributed by atoms with Crippen LogP contribution in [0.5, 0.6) is 0 Å². The van der Waals surface area contributed by atoms with Crippen LogP contribution in [0.1, 0.15) is 0 Å². The Balaban J connectivity index is 0.000000292. The molecule has 9 heteroatoms. The van der Waals surface area contributed by atoms with Crippen molar-refractivity contribution in [3.8, 4) is 0 Å². The molecular weight excluding hydrogens is 214 g/mol. The first-order valence-corrected chi connectivity index (χ1v) is 5.07. The molecule has 0 saturated carbocycles. The van der Waals surface area contributed by atoms with E-state index in [9.17, 15) is 0 Å². The second-order valence-corrected chi connectivity index (χ2v) is 3.33. The third kappa shape index (κ3) is 9.19. The highest BCUT2D eigenvalue weighted by molar-refractivity contribution is 7.79. The molecule has 1 aliphatic rings. The van der Waals surface area contributed by atoms with E-state index in [0.717, 1.165) is 13.1 Å². The lowest BCUT2D eigenvalue weighted by atomic mass is 10.4. The summed E-state index contributed by atoms with van der Waals surface area (Å²) in [6.45, 7) is 2.91. The maximum absolute atomic E-state index is 8.74. The molecular formula is C5H13N3O5S. The molecule has 14 heavy (non-hydrogen) atoms. The van der Waals surface area contributed by atoms with E-state index in [1.807, 2.05) is 0 Å². The van der Waals surface area contributed by atoms with Gasteiger partial charge >= 0.3 is 10.4 Å². The van der Waals surface area contributed by atoms with Crippen molar-refractivity contribution in [3.63, 3.8) is 0 Å². The predicted octanol–water partition coefficient (Wildman–Crippen LogP) is -1.44. The maximum Gasteiger partial charge on any atom is 0.394 e. The lowest BCUT2D eigenvalue weighted by molar-refractivity contribution is 0.0672. The molecule has 1 fully saturated rings. The fourth-order valence-electron chi connectivity index (χ4n) is 0.804. The van der Waals surface area contributed by atoms with E-state index < -0.39 is 10.4 Å². The Labute approximate surface area is 81.7 Å². The van der Waals surface area contributed by atoms with Crippen molar-refractivity contribution < 1.29 is 22.3 Å². The molecule has 0 aromatic rings. The summed E-state index contributed by atoms with van der Waals surface area (Å²) in [4.78, 5) is 1.80. The summed E-state index contributed by atoms with van der Waals surface area (Å²) in [7, 11) is -4.67. The molecule has 0 aromatic heterocycles. The Kier molecular flexibility index (Phi) is 5.38. The van der Waals surface area contributed by atoms with Gasteiger partial charge in [0, 0.05) is 13.1 Å². The van der Waals surface area contributed by atoms with E-state index in [1.165, 1.54) is 0 Å². The van der Waals surface area contributed by atoms with Gasteiger partial charge in [0.25, 0.3) is 0 Å². The van der Waals surface area contributed by atoms with Crippen LogP contribution < -0.4 is 5.73 Å². The molecule has 0 spiro atoms. The summed E-state index contributed by atoms with van der Waals surface area (Å²) in [5.41, 5.74) is 5.22. The van der Waals surface area contributed by atoms with Crippen molar-refractivity contribution in [2.24, 2.45) is 5.73 Å². The first-order valence-electron chi connectivity index (χ1n) is 3.67. The van der Waals surface area contributed by atoms with Crippen molar-refractivity contribution in [3.05, 3.63) is 0 Å². The van der Waals surface area contributed by atoms with Crippen LogP contribution in [-0.4, -0.2) is 54.7 Å². The molecule has 84 valence electrons. The minimum Gasteiger partial charge on any atom is -0.378 e. The maximum atomic E-state index is 8.74. The van der Waals surface area contributed by atoms with Crippen LogP contribution in [-0.2, 0) is 15.1 Å². The van der Waals surface area contributed by atoms with Crippen LogP contribution in [0.4, 0.5) is 0 Å². The number of hydrogen-bond acceptors (Lipinski definition) is 4. The average molecular weight is 227 g/mol. The smallest absolute Gasteiger partial charge is 0.378 e. The van der Waals surface area contributed by atoms with Crippen molar-refractivity contribution in [1.82, 2.24) is 4.90 Å².